The van der Waals surface area contributed by atoms with Gasteiger partial charge < -0.3 is 25.2 Å². The van der Waals surface area contributed by atoms with Crippen LogP contribution in [0.2, 0.25) is 0 Å². The molecular weight excluding hydrogens is 324 g/mol. The van der Waals surface area contributed by atoms with Crippen LogP contribution >= 0.6 is 12.6 Å². The van der Waals surface area contributed by atoms with Crippen molar-refractivity contribution in [1.82, 2.24) is 10.6 Å². The van der Waals surface area contributed by atoms with Crippen LogP contribution in [0.3, 0.4) is 0 Å². The summed E-state index contributed by atoms with van der Waals surface area (Å²) in [5.74, 6) is -3.27. The van der Waals surface area contributed by atoms with Crippen molar-refractivity contribution in [2.75, 3.05) is 25.4 Å². The summed E-state index contributed by atoms with van der Waals surface area (Å²) >= 11 is 3.98. The molecule has 1 unspecified atom stereocenters. The molecule has 9 heteroatoms. The first-order chi connectivity index (χ1) is 10.6. The van der Waals surface area contributed by atoms with Crippen LogP contribution in [0.25, 0.3) is 0 Å². The molecule has 0 saturated carbocycles. The Hall–Kier alpha value is -1.32. The molecule has 0 radical (unpaired) electrons. The fraction of sp³-hybridized carbons (Fsp3) is 0.786. The van der Waals surface area contributed by atoms with Crippen molar-refractivity contribution in [3.05, 3.63) is 0 Å². The van der Waals surface area contributed by atoms with E-state index in [0.717, 1.165) is 0 Å². The number of carbonyl (C=O) groups excluding carboxylic acids is 2. The SMILES string of the molecule is CC1(C(=O)O)OCC(C)(C)[C@H](C(=O)NCCC(=O)NCCS)O1. The van der Waals surface area contributed by atoms with Gasteiger partial charge in [0.25, 0.3) is 5.79 Å². The summed E-state index contributed by atoms with van der Waals surface area (Å²) in [5.41, 5.74) is -0.687. The summed E-state index contributed by atoms with van der Waals surface area (Å²) in [4.78, 5) is 35.0. The molecule has 2 atom stereocenters. The van der Waals surface area contributed by atoms with E-state index in [2.05, 4.69) is 23.3 Å². The summed E-state index contributed by atoms with van der Waals surface area (Å²) < 4.78 is 10.6. The number of amides is 2. The second-order valence-corrected chi connectivity index (χ2v) is 6.59. The van der Waals surface area contributed by atoms with Crippen LogP contribution < -0.4 is 10.6 Å². The number of carboxylic acids is 1. The minimum absolute atomic E-state index is 0.0658. The molecule has 3 N–H and O–H groups in total. The minimum atomic E-state index is -1.86. The van der Waals surface area contributed by atoms with Crippen LogP contribution in [-0.2, 0) is 23.9 Å². The standard InChI is InChI=1S/C14H24N2O6S/c1-13(2)8-21-14(3,12(19)20)22-10(13)11(18)16-5-4-9(17)15-6-7-23/h10,23H,4-8H2,1-3H3,(H,15,17)(H,16,18)(H,19,20)/t10-,14?/m0/s1. The molecule has 2 amide bonds. The lowest BCUT2D eigenvalue weighted by atomic mass is 9.85. The van der Waals surface area contributed by atoms with Gasteiger partial charge in [-0.15, -0.1) is 0 Å². The lowest BCUT2D eigenvalue weighted by Crippen LogP contribution is -2.60. The maximum Gasteiger partial charge on any atom is 0.364 e. The molecule has 132 valence electrons. The van der Waals surface area contributed by atoms with Crippen LogP contribution in [0, 0.1) is 5.41 Å². The molecule has 23 heavy (non-hydrogen) atoms. The Bertz CT molecular complexity index is 470. The number of carboxylic acid groups (broad SMARTS) is 1. The lowest BCUT2D eigenvalue weighted by molar-refractivity contribution is -0.304. The summed E-state index contributed by atoms with van der Waals surface area (Å²) in [6, 6.07) is 0. The fourth-order valence-electron chi connectivity index (χ4n) is 2.01. The van der Waals surface area contributed by atoms with E-state index < -0.39 is 29.2 Å². The number of hydrogen-bond donors (Lipinski definition) is 4. The summed E-state index contributed by atoms with van der Waals surface area (Å²) in [6.45, 7) is 5.42. The van der Waals surface area contributed by atoms with Crippen LogP contribution in [0.15, 0.2) is 0 Å². The Kier molecular flexibility index (Phi) is 6.84. The normalized spacial score (nSPS) is 26.3. The molecule has 0 aliphatic carbocycles. The van der Waals surface area contributed by atoms with Crippen LogP contribution in [-0.4, -0.2) is 60.2 Å². The molecule has 0 aromatic heterocycles. The summed E-state index contributed by atoms with van der Waals surface area (Å²) in [5, 5.41) is 14.4. The van der Waals surface area contributed by atoms with Crippen molar-refractivity contribution >= 4 is 30.4 Å². The second kappa shape index (κ2) is 7.98. The number of nitrogens with one attached hydrogen (secondary N) is 2. The van der Waals surface area contributed by atoms with Crippen LogP contribution in [0.1, 0.15) is 27.2 Å². The van der Waals surface area contributed by atoms with Gasteiger partial charge in [-0.05, 0) is 0 Å². The molecule has 0 aromatic carbocycles. The molecular formula is C14H24N2O6S. The monoisotopic (exact) mass is 348 g/mol. The Morgan fingerprint density at radius 3 is 2.43 bits per heavy atom. The highest BCUT2D eigenvalue weighted by Gasteiger charge is 2.51. The number of rotatable bonds is 7. The van der Waals surface area contributed by atoms with E-state index in [1.807, 2.05) is 0 Å². The molecule has 1 heterocycles. The molecule has 0 aromatic rings. The molecule has 1 rings (SSSR count). The van der Waals surface area contributed by atoms with Crippen molar-refractivity contribution in [2.45, 2.75) is 39.1 Å². The number of carbonyl (C=O) groups is 3. The van der Waals surface area contributed by atoms with Crippen molar-refractivity contribution in [1.29, 1.82) is 0 Å². The summed E-state index contributed by atoms with van der Waals surface area (Å²) in [7, 11) is 0. The van der Waals surface area contributed by atoms with Gasteiger partial charge in [0.05, 0.1) is 6.61 Å². The van der Waals surface area contributed by atoms with E-state index in [1.54, 1.807) is 13.8 Å². The predicted molar refractivity (Wildman–Crippen MR) is 85.1 cm³/mol. The molecule has 8 nitrogen and oxygen atoms in total. The maximum absolute atomic E-state index is 12.3. The molecule has 1 aliphatic heterocycles. The molecule has 0 spiro atoms. The van der Waals surface area contributed by atoms with Crippen molar-refractivity contribution < 1.29 is 29.0 Å². The van der Waals surface area contributed by atoms with E-state index in [-0.39, 0.29) is 25.5 Å². The average molecular weight is 348 g/mol. The highest BCUT2D eigenvalue weighted by molar-refractivity contribution is 7.80. The highest BCUT2D eigenvalue weighted by atomic mass is 32.1. The van der Waals surface area contributed by atoms with Gasteiger partial charge in [0.1, 0.15) is 6.10 Å². The van der Waals surface area contributed by atoms with E-state index in [0.29, 0.717) is 12.3 Å². The van der Waals surface area contributed by atoms with E-state index >= 15 is 0 Å². The zero-order chi connectivity index (χ0) is 17.7. The van der Waals surface area contributed by atoms with Gasteiger partial charge in [0, 0.05) is 37.6 Å². The zero-order valence-corrected chi connectivity index (χ0v) is 14.4. The Labute approximate surface area is 140 Å². The maximum atomic E-state index is 12.3. The third-order valence-electron chi connectivity index (χ3n) is 3.48. The first kappa shape index (κ1) is 19.7. The lowest BCUT2D eigenvalue weighted by Gasteiger charge is -2.44. The molecule has 1 aliphatic rings. The quantitative estimate of drug-likeness (QED) is 0.473. The third kappa shape index (κ3) is 5.36. The first-order valence-corrected chi connectivity index (χ1v) is 7.96. The fourth-order valence-corrected chi connectivity index (χ4v) is 2.13. The van der Waals surface area contributed by atoms with Crippen LogP contribution in [0.4, 0.5) is 0 Å². The second-order valence-electron chi connectivity index (χ2n) is 6.14. The van der Waals surface area contributed by atoms with Gasteiger partial charge in [0.2, 0.25) is 11.8 Å². The highest BCUT2D eigenvalue weighted by Crippen LogP contribution is 2.35. The smallest absolute Gasteiger partial charge is 0.364 e. The molecule has 0 bridgehead atoms. The van der Waals surface area contributed by atoms with Gasteiger partial charge in [-0.25, -0.2) is 4.79 Å². The average Bonchev–Trinajstić information content (AvgIpc) is 2.47. The van der Waals surface area contributed by atoms with Gasteiger partial charge in [-0.2, -0.15) is 12.6 Å². The number of aliphatic carboxylic acids is 1. The minimum Gasteiger partial charge on any atom is -0.477 e. The predicted octanol–water partition coefficient (Wildman–Crippen LogP) is -0.219. The number of ether oxygens (including phenoxy) is 2. The van der Waals surface area contributed by atoms with E-state index in [9.17, 15) is 14.4 Å². The van der Waals surface area contributed by atoms with Gasteiger partial charge >= 0.3 is 5.97 Å². The third-order valence-corrected chi connectivity index (χ3v) is 3.71. The Balaban J connectivity index is 2.58. The first-order valence-electron chi connectivity index (χ1n) is 7.33. The van der Waals surface area contributed by atoms with Crippen molar-refractivity contribution in [2.24, 2.45) is 5.41 Å². The van der Waals surface area contributed by atoms with E-state index in [1.165, 1.54) is 6.92 Å². The topological polar surface area (TPSA) is 114 Å². The molecule has 1 saturated heterocycles. The van der Waals surface area contributed by atoms with E-state index in [4.69, 9.17) is 14.6 Å². The summed E-state index contributed by atoms with van der Waals surface area (Å²) in [6.07, 6.45) is -0.864. The van der Waals surface area contributed by atoms with Gasteiger partial charge in [0.15, 0.2) is 0 Å². The number of hydrogen-bond acceptors (Lipinski definition) is 6. The largest absolute Gasteiger partial charge is 0.477 e. The Morgan fingerprint density at radius 2 is 1.87 bits per heavy atom. The number of thiol groups is 1. The van der Waals surface area contributed by atoms with Crippen LogP contribution in [0.5, 0.6) is 0 Å². The Morgan fingerprint density at radius 1 is 1.22 bits per heavy atom. The molecule has 1 fully saturated rings. The van der Waals surface area contributed by atoms with Crippen molar-refractivity contribution in [3.63, 3.8) is 0 Å². The van der Waals surface area contributed by atoms with Gasteiger partial charge in [-0.3, -0.25) is 9.59 Å². The van der Waals surface area contributed by atoms with Gasteiger partial charge in [-0.1, -0.05) is 13.8 Å². The zero-order valence-electron chi connectivity index (χ0n) is 13.5. The van der Waals surface area contributed by atoms with Crippen molar-refractivity contribution in [3.8, 4) is 0 Å².